The number of hydrogen-bond donors (Lipinski definition) is 1. The normalized spacial score (nSPS) is 10.0. The number of hydrogen-bond acceptors (Lipinski definition) is 3. The van der Waals surface area contributed by atoms with Crippen LogP contribution in [0.4, 0.5) is 0 Å². The van der Waals surface area contributed by atoms with Crippen LogP contribution in [0.25, 0.3) is 0 Å². The topological polar surface area (TPSA) is 55.8 Å². The maximum absolute atomic E-state index is 11.2. The summed E-state index contributed by atoms with van der Waals surface area (Å²) in [7, 11) is 0. The first-order valence-electron chi connectivity index (χ1n) is 5.82. The van der Waals surface area contributed by atoms with E-state index in [9.17, 15) is 4.79 Å². The number of carboxylic acids is 1. The Kier molecular flexibility index (Phi) is 3.71. The summed E-state index contributed by atoms with van der Waals surface area (Å²) in [5.74, 6) is -0.326. The fourth-order valence-corrected chi connectivity index (χ4v) is 1.74. The molecule has 0 heterocycles. The Morgan fingerprint density at radius 2 is 1.79 bits per heavy atom. The summed E-state index contributed by atoms with van der Waals surface area (Å²) in [4.78, 5) is 21.5. The molecule has 0 unspecified atom stereocenters. The fourth-order valence-electron chi connectivity index (χ4n) is 1.74. The Morgan fingerprint density at radius 3 is 2.47 bits per heavy atom. The van der Waals surface area contributed by atoms with Gasteiger partial charge >= 0.3 is 5.97 Å². The summed E-state index contributed by atoms with van der Waals surface area (Å²) in [6.07, 6.45) is 0. The molecule has 0 atom stereocenters. The Hall–Kier alpha value is -2.49. The molecule has 0 spiro atoms. The van der Waals surface area contributed by atoms with E-state index in [-0.39, 0.29) is 11.3 Å². The quantitative estimate of drug-likeness (QED) is 0.674. The van der Waals surface area contributed by atoms with E-state index in [1.807, 2.05) is 19.1 Å². The van der Waals surface area contributed by atoms with Crippen LogP contribution >= 0.6 is 0 Å². The molecule has 0 aliphatic heterocycles. The van der Waals surface area contributed by atoms with Crippen molar-refractivity contribution < 1.29 is 19.7 Å². The number of carbonyl (C=O) groups is 1. The van der Waals surface area contributed by atoms with Gasteiger partial charge in [-0.2, -0.15) is 0 Å². The molecule has 2 rings (SSSR count). The lowest BCUT2D eigenvalue weighted by molar-refractivity contribution is -0.101. The van der Waals surface area contributed by atoms with E-state index >= 15 is 0 Å². The highest BCUT2D eigenvalue weighted by Crippen LogP contribution is 2.23. The molecule has 0 aromatic heterocycles. The van der Waals surface area contributed by atoms with E-state index in [0.29, 0.717) is 11.3 Å². The van der Waals surface area contributed by atoms with Gasteiger partial charge in [-0.1, -0.05) is 24.3 Å². The van der Waals surface area contributed by atoms with Crippen molar-refractivity contribution in [2.75, 3.05) is 0 Å². The van der Waals surface area contributed by atoms with Crippen LogP contribution in [0.5, 0.6) is 11.5 Å². The van der Waals surface area contributed by atoms with Crippen molar-refractivity contribution in [3.05, 3.63) is 59.2 Å². The molecule has 0 radical (unpaired) electrons. The lowest BCUT2D eigenvalue weighted by atomic mass is 10.1. The van der Waals surface area contributed by atoms with Crippen molar-refractivity contribution in [2.24, 2.45) is 0 Å². The molecule has 0 bridgehead atoms. The number of rotatable bonds is 4. The molecule has 0 aliphatic rings. The van der Waals surface area contributed by atoms with E-state index in [1.54, 1.807) is 37.3 Å². The van der Waals surface area contributed by atoms with Crippen molar-refractivity contribution in [3.8, 4) is 11.5 Å². The first-order valence-corrected chi connectivity index (χ1v) is 5.82. The Labute approximate surface area is 111 Å². The average molecular weight is 258 g/mol. The minimum Gasteiger partial charge on any atom is -0.478 e. The molecule has 0 aliphatic carbocycles. The zero-order valence-corrected chi connectivity index (χ0v) is 10.7. The van der Waals surface area contributed by atoms with E-state index in [0.717, 1.165) is 5.56 Å². The van der Waals surface area contributed by atoms with Gasteiger partial charge in [0.05, 0.1) is 0 Å². The first-order chi connectivity index (χ1) is 9.08. The van der Waals surface area contributed by atoms with Crippen LogP contribution in [0.3, 0.4) is 0 Å². The molecule has 2 aromatic rings. The average Bonchev–Trinajstić information content (AvgIpc) is 2.36. The lowest BCUT2D eigenvalue weighted by Crippen LogP contribution is -2.08. The maximum atomic E-state index is 11.2. The van der Waals surface area contributed by atoms with Crippen LogP contribution in [0, 0.1) is 13.8 Å². The van der Waals surface area contributed by atoms with Gasteiger partial charge in [-0.15, -0.1) is 0 Å². The van der Waals surface area contributed by atoms with E-state index in [1.165, 1.54) is 0 Å². The van der Waals surface area contributed by atoms with Gasteiger partial charge in [-0.25, -0.2) is 4.79 Å². The van der Waals surface area contributed by atoms with Gasteiger partial charge in [0.1, 0.15) is 5.56 Å². The predicted octanol–water partition coefficient (Wildman–Crippen LogP) is 3.37. The molecule has 1 N–H and O–H groups in total. The van der Waals surface area contributed by atoms with E-state index in [2.05, 4.69) is 0 Å². The van der Waals surface area contributed by atoms with Crippen LogP contribution < -0.4 is 9.78 Å². The largest absolute Gasteiger partial charge is 0.478 e. The Morgan fingerprint density at radius 1 is 1.05 bits per heavy atom. The minimum absolute atomic E-state index is 0.107. The molecular weight excluding hydrogens is 244 g/mol. The third-order valence-corrected chi connectivity index (χ3v) is 2.67. The summed E-state index contributed by atoms with van der Waals surface area (Å²) in [5, 5.41) is 9.15. The van der Waals surface area contributed by atoms with Crippen LogP contribution in [0.15, 0.2) is 42.5 Å². The molecule has 0 saturated heterocycles. The summed E-state index contributed by atoms with van der Waals surface area (Å²) in [6, 6.07) is 12.3. The molecule has 19 heavy (non-hydrogen) atoms. The third kappa shape index (κ3) is 3.04. The number of aromatic carboxylic acids is 1. The van der Waals surface area contributed by atoms with E-state index < -0.39 is 5.97 Å². The smallest absolute Gasteiger partial charge is 0.339 e. The molecular formula is C15H14O4. The van der Waals surface area contributed by atoms with Gasteiger partial charge in [-0.05, 0) is 43.2 Å². The van der Waals surface area contributed by atoms with Crippen molar-refractivity contribution in [1.29, 1.82) is 0 Å². The van der Waals surface area contributed by atoms with Crippen LogP contribution in [0.1, 0.15) is 21.5 Å². The van der Waals surface area contributed by atoms with Crippen molar-refractivity contribution in [2.45, 2.75) is 13.8 Å². The standard InChI is InChI=1S/C15H14O4/c1-10-5-3-7-12(9-10)18-19-13-8-4-6-11(2)14(13)15(16)17/h3-9H,1-2H3,(H,16,17). The Bertz CT molecular complexity index is 605. The third-order valence-electron chi connectivity index (χ3n) is 2.67. The molecule has 98 valence electrons. The molecule has 4 heteroatoms. The fraction of sp³-hybridized carbons (Fsp3) is 0.133. The number of benzene rings is 2. The molecule has 0 amide bonds. The van der Waals surface area contributed by atoms with Crippen molar-refractivity contribution in [3.63, 3.8) is 0 Å². The summed E-state index contributed by atoms with van der Waals surface area (Å²) in [6.45, 7) is 3.64. The Balaban J connectivity index is 2.20. The zero-order valence-electron chi connectivity index (χ0n) is 10.7. The summed E-state index contributed by atoms with van der Waals surface area (Å²) >= 11 is 0. The van der Waals surface area contributed by atoms with Gasteiger partial charge in [0, 0.05) is 0 Å². The number of carboxylic acid groups (broad SMARTS) is 1. The highest BCUT2D eigenvalue weighted by atomic mass is 17.2. The van der Waals surface area contributed by atoms with Crippen molar-refractivity contribution >= 4 is 5.97 Å². The highest BCUT2D eigenvalue weighted by molar-refractivity contribution is 5.92. The zero-order chi connectivity index (χ0) is 13.8. The van der Waals surface area contributed by atoms with Crippen LogP contribution in [0.2, 0.25) is 0 Å². The molecule has 0 saturated carbocycles. The second-order valence-corrected chi connectivity index (χ2v) is 4.24. The van der Waals surface area contributed by atoms with Crippen LogP contribution in [-0.4, -0.2) is 11.1 Å². The second kappa shape index (κ2) is 5.44. The van der Waals surface area contributed by atoms with Crippen molar-refractivity contribution in [1.82, 2.24) is 0 Å². The van der Waals surface area contributed by atoms with Gasteiger partial charge in [-0.3, -0.25) is 9.78 Å². The van der Waals surface area contributed by atoms with Gasteiger partial charge in [0.25, 0.3) is 0 Å². The minimum atomic E-state index is -1.04. The molecule has 0 fully saturated rings. The van der Waals surface area contributed by atoms with Gasteiger partial charge in [0.15, 0.2) is 11.5 Å². The monoisotopic (exact) mass is 258 g/mol. The second-order valence-electron chi connectivity index (χ2n) is 4.24. The summed E-state index contributed by atoms with van der Waals surface area (Å²) < 4.78 is 0. The molecule has 2 aromatic carbocycles. The maximum Gasteiger partial charge on any atom is 0.339 e. The molecule has 4 nitrogen and oxygen atoms in total. The highest BCUT2D eigenvalue weighted by Gasteiger charge is 2.15. The van der Waals surface area contributed by atoms with Crippen LogP contribution in [-0.2, 0) is 0 Å². The predicted molar refractivity (Wildman–Crippen MR) is 70.6 cm³/mol. The van der Waals surface area contributed by atoms with E-state index in [4.69, 9.17) is 14.9 Å². The lowest BCUT2D eigenvalue weighted by Gasteiger charge is -2.10. The number of aryl methyl sites for hydroxylation is 2. The first kappa shape index (κ1) is 13.0. The van der Waals surface area contributed by atoms with Gasteiger partial charge in [0.2, 0.25) is 0 Å². The SMILES string of the molecule is Cc1cccc(OOc2cccc(C)c2C(=O)O)c1. The summed E-state index contributed by atoms with van der Waals surface area (Å²) in [5.41, 5.74) is 1.76. The van der Waals surface area contributed by atoms with Gasteiger partial charge < -0.3 is 5.11 Å².